The maximum atomic E-state index is 4.31. The first-order valence-electron chi connectivity index (χ1n) is 5.14. The van der Waals surface area contributed by atoms with Gasteiger partial charge in [0.2, 0.25) is 0 Å². The second kappa shape index (κ2) is 4.11. The van der Waals surface area contributed by atoms with E-state index in [0.717, 1.165) is 32.1 Å². The Labute approximate surface area is 84.9 Å². The number of nitrogens with zero attached hydrogens (tertiary/aromatic N) is 3. The lowest BCUT2D eigenvalue weighted by molar-refractivity contribution is 0.181. The Morgan fingerprint density at radius 2 is 2.43 bits per heavy atom. The van der Waals surface area contributed by atoms with Crippen LogP contribution in [-0.4, -0.2) is 47.2 Å². The van der Waals surface area contributed by atoms with Crippen molar-refractivity contribution in [2.45, 2.75) is 12.5 Å². The summed E-state index contributed by atoms with van der Waals surface area (Å²) in [7, 11) is 4.24. The molecule has 4 heteroatoms. The molecule has 1 aliphatic rings. The number of hydrogen-bond acceptors (Lipinski definition) is 3. The zero-order valence-electron chi connectivity index (χ0n) is 8.90. The molecule has 1 N–H and O–H groups in total. The maximum absolute atomic E-state index is 4.31. The van der Waals surface area contributed by atoms with Gasteiger partial charge in [0.1, 0.15) is 5.82 Å². The molecule has 1 aromatic heterocycles. The largest absolute Gasteiger partial charge is 0.338 e. The molecule has 1 fully saturated rings. The average Bonchev–Trinajstić information content (AvgIpc) is 2.44. The Morgan fingerprint density at radius 3 is 2.93 bits per heavy atom. The number of hydrogen-bond donors (Lipinski definition) is 1. The van der Waals surface area contributed by atoms with Crippen LogP contribution in [0.4, 0.5) is 0 Å². The van der Waals surface area contributed by atoms with Crippen molar-refractivity contribution in [2.24, 2.45) is 7.05 Å². The van der Waals surface area contributed by atoms with Crippen molar-refractivity contribution < 1.29 is 0 Å². The van der Waals surface area contributed by atoms with Crippen LogP contribution in [0.3, 0.4) is 0 Å². The van der Waals surface area contributed by atoms with Gasteiger partial charge in [0.05, 0.1) is 0 Å². The number of nitrogens with one attached hydrogen (secondary N) is 1. The van der Waals surface area contributed by atoms with Crippen LogP contribution in [0.15, 0.2) is 12.4 Å². The molecule has 2 heterocycles. The molecular weight excluding hydrogens is 176 g/mol. The molecule has 0 aromatic carbocycles. The molecule has 0 amide bonds. The Balaban J connectivity index is 1.79. The van der Waals surface area contributed by atoms with Crippen molar-refractivity contribution in [3.05, 3.63) is 18.2 Å². The van der Waals surface area contributed by atoms with Crippen LogP contribution in [-0.2, 0) is 13.5 Å². The zero-order valence-corrected chi connectivity index (χ0v) is 8.90. The number of aromatic nitrogens is 2. The summed E-state index contributed by atoms with van der Waals surface area (Å²) in [5, 5.41) is 3.28. The van der Waals surface area contributed by atoms with E-state index < -0.39 is 0 Å². The molecule has 1 aliphatic heterocycles. The van der Waals surface area contributed by atoms with Crippen molar-refractivity contribution in [1.29, 1.82) is 0 Å². The second-order valence-electron chi connectivity index (χ2n) is 4.00. The lowest BCUT2D eigenvalue weighted by Gasteiger charge is -2.35. The van der Waals surface area contributed by atoms with Gasteiger partial charge in [0.25, 0.3) is 0 Å². The van der Waals surface area contributed by atoms with Gasteiger partial charge in [-0.05, 0) is 7.05 Å². The summed E-state index contributed by atoms with van der Waals surface area (Å²) < 4.78 is 2.09. The molecule has 0 aliphatic carbocycles. The fraction of sp³-hybridized carbons (Fsp3) is 0.700. The Hall–Kier alpha value is -0.870. The highest BCUT2D eigenvalue weighted by Gasteiger charge is 2.20. The van der Waals surface area contributed by atoms with Gasteiger partial charge in [0, 0.05) is 51.5 Å². The lowest BCUT2D eigenvalue weighted by atomic mass is 10.1. The van der Waals surface area contributed by atoms with Crippen LogP contribution in [0.2, 0.25) is 0 Å². The number of imidazole rings is 1. The Bertz CT molecular complexity index is 290. The number of likely N-dealkylation sites (N-methyl/N-ethyl adjacent to an activating group) is 1. The van der Waals surface area contributed by atoms with Gasteiger partial charge in [-0.15, -0.1) is 0 Å². The minimum atomic E-state index is 0.732. The fourth-order valence-electron chi connectivity index (χ4n) is 1.68. The molecule has 0 atom stereocenters. The predicted octanol–water partition coefficient (Wildman–Crippen LogP) is -0.134. The SMILES string of the molecule is CN(CCc1nccn1C)C1CNC1. The van der Waals surface area contributed by atoms with Gasteiger partial charge in [-0.3, -0.25) is 0 Å². The highest BCUT2D eigenvalue weighted by molar-refractivity contribution is 4.92. The third kappa shape index (κ3) is 1.96. The lowest BCUT2D eigenvalue weighted by Crippen LogP contribution is -2.56. The van der Waals surface area contributed by atoms with Gasteiger partial charge in [-0.1, -0.05) is 0 Å². The van der Waals surface area contributed by atoms with Gasteiger partial charge >= 0.3 is 0 Å². The van der Waals surface area contributed by atoms with E-state index >= 15 is 0 Å². The van der Waals surface area contributed by atoms with Gasteiger partial charge < -0.3 is 14.8 Å². The molecule has 0 radical (unpaired) electrons. The van der Waals surface area contributed by atoms with Crippen LogP contribution in [0, 0.1) is 0 Å². The van der Waals surface area contributed by atoms with E-state index in [1.807, 2.05) is 19.4 Å². The molecule has 1 aromatic rings. The standard InChI is InChI=1S/C10H18N4/c1-13(9-7-11-8-9)5-3-10-12-4-6-14(10)2/h4,6,9,11H,3,5,7-8H2,1-2H3. The van der Waals surface area contributed by atoms with Crippen LogP contribution in [0.1, 0.15) is 5.82 Å². The number of aryl methyl sites for hydroxylation is 1. The first-order valence-corrected chi connectivity index (χ1v) is 5.14. The van der Waals surface area contributed by atoms with E-state index in [9.17, 15) is 0 Å². The molecule has 2 rings (SSSR count). The molecule has 14 heavy (non-hydrogen) atoms. The highest BCUT2D eigenvalue weighted by atomic mass is 15.2. The average molecular weight is 194 g/mol. The third-order valence-corrected chi connectivity index (χ3v) is 2.99. The molecule has 0 spiro atoms. The van der Waals surface area contributed by atoms with Crippen LogP contribution >= 0.6 is 0 Å². The second-order valence-corrected chi connectivity index (χ2v) is 4.00. The van der Waals surface area contributed by atoms with Crippen molar-refractivity contribution >= 4 is 0 Å². The van der Waals surface area contributed by atoms with Crippen molar-refractivity contribution in [1.82, 2.24) is 19.8 Å². The zero-order chi connectivity index (χ0) is 9.97. The molecule has 0 unspecified atom stereocenters. The van der Waals surface area contributed by atoms with Gasteiger partial charge in [0.15, 0.2) is 0 Å². The Kier molecular flexibility index (Phi) is 2.84. The molecule has 4 nitrogen and oxygen atoms in total. The van der Waals surface area contributed by atoms with Crippen molar-refractivity contribution in [2.75, 3.05) is 26.7 Å². The summed E-state index contributed by atoms with van der Waals surface area (Å²) >= 11 is 0. The summed E-state index contributed by atoms with van der Waals surface area (Å²) in [5.41, 5.74) is 0. The first-order chi connectivity index (χ1) is 6.77. The smallest absolute Gasteiger partial charge is 0.109 e. The van der Waals surface area contributed by atoms with E-state index in [0.29, 0.717) is 0 Å². The molecule has 0 bridgehead atoms. The highest BCUT2D eigenvalue weighted by Crippen LogP contribution is 2.03. The van der Waals surface area contributed by atoms with Crippen LogP contribution in [0.5, 0.6) is 0 Å². The monoisotopic (exact) mass is 194 g/mol. The summed E-state index contributed by atoms with van der Waals surface area (Å²) in [6, 6.07) is 0.732. The summed E-state index contributed by atoms with van der Waals surface area (Å²) in [6.07, 6.45) is 4.90. The number of rotatable bonds is 4. The van der Waals surface area contributed by atoms with E-state index in [4.69, 9.17) is 0 Å². The van der Waals surface area contributed by atoms with E-state index in [-0.39, 0.29) is 0 Å². The summed E-state index contributed by atoms with van der Waals surface area (Å²) in [5.74, 6) is 1.17. The summed E-state index contributed by atoms with van der Waals surface area (Å²) in [6.45, 7) is 3.37. The maximum Gasteiger partial charge on any atom is 0.109 e. The van der Waals surface area contributed by atoms with E-state index in [1.54, 1.807) is 0 Å². The van der Waals surface area contributed by atoms with Gasteiger partial charge in [-0.2, -0.15) is 0 Å². The molecule has 1 saturated heterocycles. The minimum Gasteiger partial charge on any atom is -0.338 e. The predicted molar refractivity (Wildman–Crippen MR) is 56.2 cm³/mol. The quantitative estimate of drug-likeness (QED) is 0.724. The van der Waals surface area contributed by atoms with Crippen LogP contribution in [0.25, 0.3) is 0 Å². The van der Waals surface area contributed by atoms with Crippen molar-refractivity contribution in [3.63, 3.8) is 0 Å². The molecule has 0 saturated carbocycles. The minimum absolute atomic E-state index is 0.732. The molecular formula is C10H18N4. The van der Waals surface area contributed by atoms with Crippen molar-refractivity contribution in [3.8, 4) is 0 Å². The van der Waals surface area contributed by atoms with Crippen LogP contribution < -0.4 is 5.32 Å². The van der Waals surface area contributed by atoms with Gasteiger partial charge in [-0.25, -0.2) is 4.98 Å². The van der Waals surface area contributed by atoms with E-state index in [1.165, 1.54) is 5.82 Å². The summed E-state index contributed by atoms with van der Waals surface area (Å²) in [4.78, 5) is 6.72. The van der Waals surface area contributed by atoms with E-state index in [2.05, 4.69) is 26.8 Å². The normalized spacial score (nSPS) is 17.4. The topological polar surface area (TPSA) is 33.1 Å². The fourth-order valence-corrected chi connectivity index (χ4v) is 1.68. The third-order valence-electron chi connectivity index (χ3n) is 2.99. The molecule has 78 valence electrons. The Morgan fingerprint density at radius 1 is 1.64 bits per heavy atom. The first kappa shape index (κ1) is 9.68.